The molecule has 3 rings (SSSR count). The number of morpholine rings is 1. The zero-order chi connectivity index (χ0) is 18.0. The molecular formula is C17H16F3N3O2. The lowest BCUT2D eigenvalue weighted by atomic mass is 10.0. The molecule has 132 valence electrons. The Morgan fingerprint density at radius 2 is 1.96 bits per heavy atom. The number of hydrogen-bond acceptors (Lipinski definition) is 4. The van der Waals surface area contributed by atoms with Crippen LogP contribution >= 0.6 is 0 Å². The number of ether oxygens (including phenoxy) is 1. The van der Waals surface area contributed by atoms with Gasteiger partial charge in [0, 0.05) is 6.54 Å². The van der Waals surface area contributed by atoms with Crippen LogP contribution in [0.25, 0.3) is 0 Å². The molecule has 1 amide bonds. The normalized spacial score (nSPS) is 18.2. The van der Waals surface area contributed by atoms with Crippen molar-refractivity contribution in [2.24, 2.45) is 0 Å². The van der Waals surface area contributed by atoms with Gasteiger partial charge in [-0.15, -0.1) is 0 Å². The average Bonchev–Trinajstić information content (AvgIpc) is 2.60. The molecule has 0 unspecified atom stereocenters. The molecule has 25 heavy (non-hydrogen) atoms. The van der Waals surface area contributed by atoms with E-state index in [1.165, 1.54) is 23.1 Å². The van der Waals surface area contributed by atoms with Gasteiger partial charge in [-0.2, -0.15) is 13.2 Å². The molecule has 0 bridgehead atoms. The Bertz CT molecular complexity index is 780. The van der Waals surface area contributed by atoms with Gasteiger partial charge in [0.2, 0.25) is 0 Å². The standard InChI is InChI=1S/C17H16F3N3O2/c18-17(19,20)12-5-2-1-4-11(12)16(24)23-8-9-25-14(10-23)13-6-3-7-15(21)22-13/h1-7,14H,8-10H2,(H2,21,22)/t14-/m0/s1. The maximum atomic E-state index is 13.1. The van der Waals surface area contributed by atoms with Gasteiger partial charge in [0.15, 0.2) is 0 Å². The van der Waals surface area contributed by atoms with E-state index in [1.54, 1.807) is 18.2 Å². The van der Waals surface area contributed by atoms with E-state index in [1.807, 2.05) is 0 Å². The number of carbonyl (C=O) groups excluding carboxylic acids is 1. The molecule has 0 saturated carbocycles. The molecule has 0 spiro atoms. The maximum Gasteiger partial charge on any atom is 0.417 e. The highest BCUT2D eigenvalue weighted by molar-refractivity contribution is 5.96. The lowest BCUT2D eigenvalue weighted by Crippen LogP contribution is -2.43. The summed E-state index contributed by atoms with van der Waals surface area (Å²) in [5.74, 6) is -0.364. The highest BCUT2D eigenvalue weighted by atomic mass is 19.4. The Labute approximate surface area is 142 Å². The molecule has 2 heterocycles. The number of benzene rings is 1. The third-order valence-electron chi connectivity index (χ3n) is 3.94. The quantitative estimate of drug-likeness (QED) is 0.903. The largest absolute Gasteiger partial charge is 0.417 e. The lowest BCUT2D eigenvalue weighted by Gasteiger charge is -2.33. The number of halogens is 3. The van der Waals surface area contributed by atoms with Gasteiger partial charge in [-0.3, -0.25) is 4.79 Å². The minimum Gasteiger partial charge on any atom is -0.384 e. The van der Waals surface area contributed by atoms with Crippen molar-refractivity contribution >= 4 is 11.7 Å². The van der Waals surface area contributed by atoms with E-state index in [0.29, 0.717) is 11.5 Å². The van der Waals surface area contributed by atoms with Crippen molar-refractivity contribution in [3.05, 3.63) is 59.3 Å². The Balaban J connectivity index is 1.84. The lowest BCUT2D eigenvalue weighted by molar-refractivity contribution is -0.138. The molecule has 1 atom stereocenters. The first-order valence-corrected chi connectivity index (χ1v) is 7.66. The first-order valence-electron chi connectivity index (χ1n) is 7.66. The van der Waals surface area contributed by atoms with Gasteiger partial charge in [-0.05, 0) is 24.3 Å². The first-order chi connectivity index (χ1) is 11.9. The summed E-state index contributed by atoms with van der Waals surface area (Å²) in [5, 5.41) is 0. The fourth-order valence-electron chi connectivity index (χ4n) is 2.75. The van der Waals surface area contributed by atoms with Crippen LogP contribution in [0.15, 0.2) is 42.5 Å². The minimum atomic E-state index is -4.59. The summed E-state index contributed by atoms with van der Waals surface area (Å²) in [4.78, 5) is 18.1. The number of rotatable bonds is 2. The van der Waals surface area contributed by atoms with Crippen molar-refractivity contribution in [3.8, 4) is 0 Å². The Hall–Kier alpha value is -2.61. The highest BCUT2D eigenvalue weighted by Gasteiger charge is 2.37. The molecule has 0 aliphatic carbocycles. The van der Waals surface area contributed by atoms with Gasteiger partial charge >= 0.3 is 6.18 Å². The van der Waals surface area contributed by atoms with Crippen molar-refractivity contribution in [1.29, 1.82) is 0 Å². The number of amides is 1. The Kier molecular flexibility index (Phi) is 4.63. The van der Waals surface area contributed by atoms with Gasteiger partial charge in [-0.25, -0.2) is 4.98 Å². The van der Waals surface area contributed by atoms with E-state index in [2.05, 4.69) is 4.98 Å². The number of aromatic nitrogens is 1. The van der Waals surface area contributed by atoms with Crippen LogP contribution in [-0.2, 0) is 10.9 Å². The molecule has 1 aliphatic heterocycles. The van der Waals surface area contributed by atoms with Crippen molar-refractivity contribution in [3.63, 3.8) is 0 Å². The third kappa shape index (κ3) is 3.74. The number of carbonyl (C=O) groups is 1. The number of pyridine rings is 1. The summed E-state index contributed by atoms with van der Waals surface area (Å²) in [6.45, 7) is 0.534. The van der Waals surface area contributed by atoms with Crippen LogP contribution in [0.4, 0.5) is 19.0 Å². The summed E-state index contributed by atoms with van der Waals surface area (Å²) in [7, 11) is 0. The van der Waals surface area contributed by atoms with E-state index in [4.69, 9.17) is 10.5 Å². The zero-order valence-corrected chi connectivity index (χ0v) is 13.2. The number of nitrogens with two attached hydrogens (primary N) is 1. The first kappa shape index (κ1) is 17.2. The Morgan fingerprint density at radius 3 is 2.68 bits per heavy atom. The SMILES string of the molecule is Nc1cccc([C@@H]2CN(C(=O)c3ccccc3C(F)(F)F)CCO2)n1. The summed E-state index contributed by atoms with van der Waals surface area (Å²) in [5.41, 5.74) is 4.89. The van der Waals surface area contributed by atoms with Crippen LogP contribution in [0.2, 0.25) is 0 Å². The van der Waals surface area contributed by atoms with Crippen molar-refractivity contribution in [2.45, 2.75) is 12.3 Å². The second kappa shape index (κ2) is 6.72. The molecule has 1 fully saturated rings. The second-order valence-electron chi connectivity index (χ2n) is 5.64. The molecule has 1 aliphatic rings. The topological polar surface area (TPSA) is 68.5 Å². The van der Waals surface area contributed by atoms with Crippen molar-refractivity contribution < 1.29 is 22.7 Å². The van der Waals surface area contributed by atoms with E-state index in [9.17, 15) is 18.0 Å². The van der Waals surface area contributed by atoms with Gasteiger partial charge < -0.3 is 15.4 Å². The number of nitrogen functional groups attached to an aromatic ring is 1. The van der Waals surface area contributed by atoms with Gasteiger partial charge in [0.05, 0.1) is 30.0 Å². The van der Waals surface area contributed by atoms with E-state index in [0.717, 1.165) is 6.07 Å². The Morgan fingerprint density at radius 1 is 1.20 bits per heavy atom. The highest BCUT2D eigenvalue weighted by Crippen LogP contribution is 2.33. The van der Waals surface area contributed by atoms with E-state index in [-0.39, 0.29) is 25.3 Å². The molecular weight excluding hydrogens is 335 g/mol. The zero-order valence-electron chi connectivity index (χ0n) is 13.2. The number of nitrogens with zero attached hydrogens (tertiary/aromatic N) is 2. The minimum absolute atomic E-state index is 0.113. The predicted molar refractivity (Wildman–Crippen MR) is 84.7 cm³/mol. The fraction of sp³-hybridized carbons (Fsp3) is 0.294. The van der Waals surface area contributed by atoms with Gasteiger partial charge in [-0.1, -0.05) is 18.2 Å². The van der Waals surface area contributed by atoms with Crippen LogP contribution in [0.5, 0.6) is 0 Å². The van der Waals surface area contributed by atoms with Crippen molar-refractivity contribution in [2.75, 3.05) is 25.4 Å². The summed E-state index contributed by atoms with van der Waals surface area (Å²) in [6.07, 6.45) is -5.12. The molecule has 2 N–H and O–H groups in total. The van der Waals surface area contributed by atoms with Crippen LogP contribution in [-0.4, -0.2) is 35.5 Å². The fourth-order valence-corrected chi connectivity index (χ4v) is 2.75. The summed E-state index contributed by atoms with van der Waals surface area (Å²) >= 11 is 0. The third-order valence-corrected chi connectivity index (χ3v) is 3.94. The molecule has 1 aromatic heterocycles. The molecule has 8 heteroatoms. The van der Waals surface area contributed by atoms with Gasteiger partial charge in [0.25, 0.3) is 5.91 Å². The van der Waals surface area contributed by atoms with Crippen LogP contribution < -0.4 is 5.73 Å². The number of alkyl halides is 3. The molecule has 1 saturated heterocycles. The van der Waals surface area contributed by atoms with Crippen molar-refractivity contribution in [1.82, 2.24) is 9.88 Å². The molecule has 0 radical (unpaired) electrons. The van der Waals surface area contributed by atoms with Crippen LogP contribution in [0, 0.1) is 0 Å². The average molecular weight is 351 g/mol. The molecule has 5 nitrogen and oxygen atoms in total. The smallest absolute Gasteiger partial charge is 0.384 e. The van der Waals surface area contributed by atoms with Crippen LogP contribution in [0.1, 0.15) is 27.7 Å². The van der Waals surface area contributed by atoms with E-state index < -0.39 is 23.8 Å². The maximum absolute atomic E-state index is 13.1. The monoisotopic (exact) mass is 351 g/mol. The predicted octanol–water partition coefficient (Wildman–Crippen LogP) is 2.90. The number of anilines is 1. The van der Waals surface area contributed by atoms with Crippen LogP contribution in [0.3, 0.4) is 0 Å². The molecule has 2 aromatic rings. The molecule has 1 aromatic carbocycles. The van der Waals surface area contributed by atoms with Gasteiger partial charge in [0.1, 0.15) is 11.9 Å². The summed E-state index contributed by atoms with van der Waals surface area (Å²) in [6, 6.07) is 9.81. The summed E-state index contributed by atoms with van der Waals surface area (Å²) < 4.78 is 45.0. The van der Waals surface area contributed by atoms with E-state index >= 15 is 0 Å². The second-order valence-corrected chi connectivity index (χ2v) is 5.64. The number of hydrogen-bond donors (Lipinski definition) is 1.